The summed E-state index contributed by atoms with van der Waals surface area (Å²) in [6.45, 7) is 17.4. The average Bonchev–Trinajstić information content (AvgIpc) is 1.90. The zero-order chi connectivity index (χ0) is 8.73. The van der Waals surface area contributed by atoms with Crippen LogP contribution < -0.4 is 0 Å². The number of hydrogen-bond donors (Lipinski definition) is 0. The topological polar surface area (TPSA) is 0 Å². The van der Waals surface area contributed by atoms with Crippen LogP contribution in [0.15, 0.2) is 13.2 Å². The summed E-state index contributed by atoms with van der Waals surface area (Å²) in [6, 6.07) is 0. The SMILES string of the molecule is C=C.CC(C)C(C)C(C)C. The maximum Gasteiger partial charge on any atom is -0.0396 e. The Bertz CT molecular complexity index is 54.4. The fourth-order valence-corrected chi connectivity index (χ4v) is 0.770. The Labute approximate surface area is 66.3 Å². The summed E-state index contributed by atoms with van der Waals surface area (Å²) >= 11 is 0. The van der Waals surface area contributed by atoms with E-state index in [9.17, 15) is 0 Å². The molecule has 0 aromatic heterocycles. The molecule has 0 aliphatic carbocycles. The molecule has 0 aliphatic rings. The highest BCUT2D eigenvalue weighted by Crippen LogP contribution is 2.18. The van der Waals surface area contributed by atoms with E-state index < -0.39 is 0 Å². The third-order valence-corrected chi connectivity index (χ3v) is 2.10. The normalized spacial score (nSPS) is 10.0. The Hall–Kier alpha value is -0.260. The van der Waals surface area contributed by atoms with Crippen LogP contribution in [0.5, 0.6) is 0 Å². The summed E-state index contributed by atoms with van der Waals surface area (Å²) < 4.78 is 0. The van der Waals surface area contributed by atoms with Crippen LogP contribution in [0.1, 0.15) is 34.6 Å². The van der Waals surface area contributed by atoms with Crippen molar-refractivity contribution in [3.63, 3.8) is 0 Å². The molecule has 0 N–H and O–H groups in total. The molecule has 0 aliphatic heterocycles. The van der Waals surface area contributed by atoms with Crippen LogP contribution in [-0.4, -0.2) is 0 Å². The van der Waals surface area contributed by atoms with Gasteiger partial charge in [-0.3, -0.25) is 0 Å². The molecule has 0 atom stereocenters. The molecular formula is C10H22. The molecular weight excluding hydrogens is 120 g/mol. The fraction of sp³-hybridized carbons (Fsp3) is 0.800. The Morgan fingerprint density at radius 2 is 0.900 bits per heavy atom. The Morgan fingerprint density at radius 1 is 0.700 bits per heavy atom. The van der Waals surface area contributed by atoms with Crippen LogP contribution in [0, 0.1) is 17.8 Å². The van der Waals surface area contributed by atoms with Gasteiger partial charge in [0.15, 0.2) is 0 Å². The molecule has 0 aromatic rings. The first-order chi connectivity index (χ1) is 4.55. The minimum atomic E-state index is 0.843. The summed E-state index contributed by atoms with van der Waals surface area (Å²) in [5.41, 5.74) is 0. The Morgan fingerprint density at radius 3 is 0.900 bits per heavy atom. The van der Waals surface area contributed by atoms with Crippen molar-refractivity contribution in [3.8, 4) is 0 Å². The van der Waals surface area contributed by atoms with Crippen LogP contribution in [0.2, 0.25) is 0 Å². The van der Waals surface area contributed by atoms with Gasteiger partial charge in [0.25, 0.3) is 0 Å². The monoisotopic (exact) mass is 142 g/mol. The van der Waals surface area contributed by atoms with E-state index in [0.29, 0.717) is 0 Å². The van der Waals surface area contributed by atoms with E-state index in [1.54, 1.807) is 0 Å². The second-order valence-electron chi connectivity index (χ2n) is 3.35. The van der Waals surface area contributed by atoms with Crippen molar-refractivity contribution in [3.05, 3.63) is 13.2 Å². The predicted octanol–water partition coefficient (Wildman–Crippen LogP) is 3.74. The van der Waals surface area contributed by atoms with Gasteiger partial charge in [-0.15, -0.1) is 13.2 Å². The van der Waals surface area contributed by atoms with E-state index in [1.807, 2.05) is 0 Å². The van der Waals surface area contributed by atoms with Gasteiger partial charge >= 0.3 is 0 Å². The van der Waals surface area contributed by atoms with Crippen molar-refractivity contribution in [1.29, 1.82) is 0 Å². The molecule has 0 heteroatoms. The smallest absolute Gasteiger partial charge is 0.0396 e. The summed E-state index contributed by atoms with van der Waals surface area (Å²) in [5.74, 6) is 2.56. The zero-order valence-electron chi connectivity index (χ0n) is 8.15. The van der Waals surface area contributed by atoms with E-state index in [1.165, 1.54) is 0 Å². The molecule has 0 unspecified atom stereocenters. The van der Waals surface area contributed by atoms with Gasteiger partial charge in [-0.1, -0.05) is 34.6 Å². The number of hydrogen-bond acceptors (Lipinski definition) is 0. The van der Waals surface area contributed by atoms with E-state index >= 15 is 0 Å². The zero-order valence-corrected chi connectivity index (χ0v) is 8.15. The van der Waals surface area contributed by atoms with Crippen LogP contribution in [0.4, 0.5) is 0 Å². The van der Waals surface area contributed by atoms with Crippen molar-refractivity contribution in [1.82, 2.24) is 0 Å². The molecule has 0 radical (unpaired) electrons. The van der Waals surface area contributed by atoms with Crippen molar-refractivity contribution in [2.45, 2.75) is 34.6 Å². The molecule has 0 aromatic carbocycles. The van der Waals surface area contributed by atoms with Crippen LogP contribution in [0.25, 0.3) is 0 Å². The average molecular weight is 142 g/mol. The molecule has 0 spiro atoms. The molecule has 0 saturated carbocycles. The predicted molar refractivity (Wildman–Crippen MR) is 50.1 cm³/mol. The van der Waals surface area contributed by atoms with Gasteiger partial charge in [-0.05, 0) is 17.8 Å². The van der Waals surface area contributed by atoms with Gasteiger partial charge in [0.05, 0.1) is 0 Å². The van der Waals surface area contributed by atoms with Crippen LogP contribution >= 0.6 is 0 Å². The van der Waals surface area contributed by atoms with Crippen molar-refractivity contribution in [2.24, 2.45) is 17.8 Å². The first-order valence-electron chi connectivity index (χ1n) is 4.05. The third-order valence-electron chi connectivity index (χ3n) is 2.10. The first kappa shape index (κ1) is 12.4. The molecule has 62 valence electrons. The van der Waals surface area contributed by atoms with Gasteiger partial charge in [0, 0.05) is 0 Å². The third kappa shape index (κ3) is 5.87. The summed E-state index contributed by atoms with van der Waals surface area (Å²) in [7, 11) is 0. The first-order valence-corrected chi connectivity index (χ1v) is 4.05. The van der Waals surface area contributed by atoms with Crippen molar-refractivity contribution in [2.75, 3.05) is 0 Å². The lowest BCUT2D eigenvalue weighted by molar-refractivity contribution is 0.316. The number of rotatable bonds is 2. The van der Waals surface area contributed by atoms with Gasteiger partial charge in [0.1, 0.15) is 0 Å². The second kappa shape index (κ2) is 6.85. The summed E-state index contributed by atoms with van der Waals surface area (Å²) in [4.78, 5) is 0. The van der Waals surface area contributed by atoms with E-state index in [4.69, 9.17) is 0 Å². The highest BCUT2D eigenvalue weighted by Gasteiger charge is 2.09. The molecule has 0 heterocycles. The molecule has 0 nitrogen and oxygen atoms in total. The maximum atomic E-state index is 3.00. The highest BCUT2D eigenvalue weighted by molar-refractivity contribution is 4.59. The highest BCUT2D eigenvalue weighted by atomic mass is 14.2. The second-order valence-corrected chi connectivity index (χ2v) is 3.35. The minimum absolute atomic E-state index is 0.843. The van der Waals surface area contributed by atoms with E-state index in [2.05, 4.69) is 47.8 Å². The van der Waals surface area contributed by atoms with E-state index in [0.717, 1.165) is 17.8 Å². The Balaban J connectivity index is 0. The minimum Gasteiger partial charge on any atom is -0.106 e. The summed E-state index contributed by atoms with van der Waals surface area (Å²) in [5, 5.41) is 0. The van der Waals surface area contributed by atoms with Crippen molar-refractivity contribution >= 4 is 0 Å². The lowest BCUT2D eigenvalue weighted by Gasteiger charge is -2.18. The molecule has 0 amide bonds. The quantitative estimate of drug-likeness (QED) is 0.515. The van der Waals surface area contributed by atoms with Crippen LogP contribution in [-0.2, 0) is 0 Å². The Kier molecular flexibility index (Phi) is 8.51. The van der Waals surface area contributed by atoms with Gasteiger partial charge in [-0.2, -0.15) is 0 Å². The standard InChI is InChI=1S/C8H18.C2H4/c1-6(2)8(5)7(3)4;1-2/h6-8H,1-5H3;1-2H2. The molecule has 0 saturated heterocycles. The van der Waals surface area contributed by atoms with Gasteiger partial charge in [0.2, 0.25) is 0 Å². The fourth-order valence-electron chi connectivity index (χ4n) is 0.770. The molecule has 0 rings (SSSR count). The van der Waals surface area contributed by atoms with Crippen LogP contribution in [0.3, 0.4) is 0 Å². The summed E-state index contributed by atoms with van der Waals surface area (Å²) in [6.07, 6.45) is 0. The van der Waals surface area contributed by atoms with Gasteiger partial charge in [-0.25, -0.2) is 0 Å². The largest absolute Gasteiger partial charge is 0.106 e. The molecule has 0 fully saturated rings. The lowest BCUT2D eigenvalue weighted by atomic mass is 9.88. The molecule has 0 bridgehead atoms. The molecule has 10 heavy (non-hydrogen) atoms. The van der Waals surface area contributed by atoms with Gasteiger partial charge < -0.3 is 0 Å². The van der Waals surface area contributed by atoms with E-state index in [-0.39, 0.29) is 0 Å². The van der Waals surface area contributed by atoms with Crippen molar-refractivity contribution < 1.29 is 0 Å². The lowest BCUT2D eigenvalue weighted by Crippen LogP contribution is -2.10. The maximum absolute atomic E-state index is 3.00.